The molecular weight excluding hydrogens is 572 g/mol. The van der Waals surface area contributed by atoms with Crippen LogP contribution >= 0.6 is 0 Å². The second-order valence-electron chi connectivity index (χ2n) is 13.8. The highest BCUT2D eigenvalue weighted by atomic mass is 16.6. The second kappa shape index (κ2) is 16.6. The van der Waals surface area contributed by atoms with Crippen molar-refractivity contribution in [2.45, 2.75) is 141 Å². The van der Waals surface area contributed by atoms with Gasteiger partial charge in [-0.15, -0.1) is 0 Å². The van der Waals surface area contributed by atoms with E-state index >= 15 is 0 Å². The van der Waals surface area contributed by atoms with E-state index in [4.69, 9.17) is 9.47 Å². The van der Waals surface area contributed by atoms with Crippen LogP contribution in [0, 0.1) is 5.92 Å². The molecule has 1 saturated heterocycles. The Labute approximate surface area is 260 Å². The smallest absolute Gasteiger partial charge is 0.408 e. The van der Waals surface area contributed by atoms with Crippen molar-refractivity contribution in [2.75, 3.05) is 13.1 Å². The van der Waals surface area contributed by atoms with E-state index in [0.29, 0.717) is 38.6 Å². The van der Waals surface area contributed by atoms with E-state index in [0.717, 1.165) is 32.1 Å². The lowest BCUT2D eigenvalue weighted by molar-refractivity contribution is -0.151. The molecule has 250 valence electrons. The van der Waals surface area contributed by atoms with Gasteiger partial charge in [-0.3, -0.25) is 14.4 Å². The SMILES string of the molecule is CC(C)(C)OC(=O)NCCCC[C@H](NC(=O)[C@@H]1CCCN1C(=O)[C@@H](CC1CCCCC1)NC(=O)OC(C)(C)C)C(=O)C(=O)O. The summed E-state index contributed by atoms with van der Waals surface area (Å²) in [5, 5.41) is 17.3. The maximum absolute atomic E-state index is 13.8. The molecule has 0 unspecified atom stereocenters. The zero-order valence-corrected chi connectivity index (χ0v) is 27.2. The van der Waals surface area contributed by atoms with Gasteiger partial charge in [-0.05, 0) is 86.0 Å². The van der Waals surface area contributed by atoms with Crippen LogP contribution in [-0.4, -0.2) is 88.2 Å². The molecule has 2 rings (SSSR count). The molecule has 4 amide bonds. The molecule has 44 heavy (non-hydrogen) atoms. The molecule has 13 nitrogen and oxygen atoms in total. The van der Waals surface area contributed by atoms with Crippen molar-refractivity contribution in [3.63, 3.8) is 0 Å². The van der Waals surface area contributed by atoms with Crippen LogP contribution in [0.3, 0.4) is 0 Å². The Hall–Kier alpha value is -3.38. The summed E-state index contributed by atoms with van der Waals surface area (Å²) >= 11 is 0. The van der Waals surface area contributed by atoms with Crippen LogP contribution in [0.15, 0.2) is 0 Å². The van der Waals surface area contributed by atoms with Crippen LogP contribution in [0.25, 0.3) is 0 Å². The second-order valence-corrected chi connectivity index (χ2v) is 13.8. The summed E-state index contributed by atoms with van der Waals surface area (Å²) in [4.78, 5) is 77.1. The Balaban J connectivity index is 2.06. The molecule has 3 atom stereocenters. The predicted octanol–water partition coefficient (Wildman–Crippen LogP) is 3.67. The number of ether oxygens (including phenoxy) is 2. The number of rotatable bonds is 13. The minimum atomic E-state index is -1.67. The van der Waals surface area contributed by atoms with E-state index < -0.39 is 65.1 Å². The van der Waals surface area contributed by atoms with E-state index in [1.807, 2.05) is 0 Å². The topological polar surface area (TPSA) is 180 Å². The lowest BCUT2D eigenvalue weighted by Gasteiger charge is -2.32. The lowest BCUT2D eigenvalue weighted by Crippen LogP contribution is -2.56. The number of nitrogens with zero attached hydrogens (tertiary/aromatic N) is 1. The van der Waals surface area contributed by atoms with Crippen molar-refractivity contribution in [1.29, 1.82) is 0 Å². The van der Waals surface area contributed by atoms with Gasteiger partial charge in [-0.2, -0.15) is 0 Å². The molecule has 2 aliphatic rings. The van der Waals surface area contributed by atoms with Crippen LogP contribution in [0.4, 0.5) is 9.59 Å². The quantitative estimate of drug-likeness (QED) is 0.176. The fourth-order valence-electron chi connectivity index (χ4n) is 5.59. The molecule has 1 aliphatic carbocycles. The van der Waals surface area contributed by atoms with E-state index in [1.165, 1.54) is 4.90 Å². The molecule has 0 aromatic rings. The number of amides is 4. The Morgan fingerprint density at radius 3 is 2.00 bits per heavy atom. The molecule has 0 bridgehead atoms. The number of carbonyl (C=O) groups is 6. The van der Waals surface area contributed by atoms with Crippen molar-refractivity contribution in [3.05, 3.63) is 0 Å². The maximum Gasteiger partial charge on any atom is 0.408 e. The number of Topliss-reactive ketones (excluding diaryl/α,β-unsaturated/α-hetero) is 1. The average Bonchev–Trinajstić information content (AvgIpc) is 3.39. The van der Waals surface area contributed by atoms with Crippen LogP contribution < -0.4 is 16.0 Å². The number of alkyl carbamates (subject to hydrolysis) is 2. The standard InChI is InChI=1S/C31H52N4O9/c1-30(2,3)43-28(41)32-17-11-10-15-21(24(36)27(39)40)33-25(37)23-16-12-18-35(23)26(38)22(19-20-13-8-7-9-14-20)34-29(42)44-31(4,5)6/h20-23H,7-19H2,1-6H3,(H,32,41)(H,33,37)(H,34,42)(H,39,40)/t21-,22+,23-/m0/s1. The molecule has 1 heterocycles. The number of ketones is 1. The number of hydrogen-bond donors (Lipinski definition) is 4. The summed E-state index contributed by atoms with van der Waals surface area (Å²) < 4.78 is 10.6. The van der Waals surface area contributed by atoms with Crippen molar-refractivity contribution >= 4 is 35.8 Å². The van der Waals surface area contributed by atoms with Gasteiger partial charge in [0.2, 0.25) is 11.8 Å². The van der Waals surface area contributed by atoms with Gasteiger partial charge >= 0.3 is 18.2 Å². The monoisotopic (exact) mass is 624 g/mol. The van der Waals surface area contributed by atoms with E-state index in [-0.39, 0.29) is 18.9 Å². The Morgan fingerprint density at radius 1 is 0.795 bits per heavy atom. The third kappa shape index (κ3) is 13.1. The van der Waals surface area contributed by atoms with Crippen LogP contribution in [0.1, 0.15) is 112 Å². The molecule has 1 saturated carbocycles. The first-order chi connectivity index (χ1) is 20.5. The molecule has 4 N–H and O–H groups in total. The highest BCUT2D eigenvalue weighted by molar-refractivity contribution is 6.35. The van der Waals surface area contributed by atoms with Gasteiger partial charge in [-0.25, -0.2) is 14.4 Å². The van der Waals surface area contributed by atoms with Gasteiger partial charge in [-0.1, -0.05) is 32.1 Å². The van der Waals surface area contributed by atoms with E-state index in [2.05, 4.69) is 16.0 Å². The average molecular weight is 625 g/mol. The Kier molecular flexibility index (Phi) is 13.9. The number of carbonyl (C=O) groups excluding carboxylic acids is 5. The number of unbranched alkanes of at least 4 members (excludes halogenated alkanes) is 1. The molecule has 0 spiro atoms. The fourth-order valence-corrected chi connectivity index (χ4v) is 5.59. The third-order valence-corrected chi connectivity index (χ3v) is 7.55. The predicted molar refractivity (Wildman–Crippen MR) is 162 cm³/mol. The van der Waals surface area contributed by atoms with Gasteiger partial charge in [0.1, 0.15) is 23.3 Å². The van der Waals surface area contributed by atoms with Crippen molar-refractivity contribution < 1.29 is 43.3 Å². The molecule has 0 aromatic carbocycles. The number of nitrogens with one attached hydrogen (secondary N) is 3. The molecule has 0 radical (unpaired) electrons. The normalized spacial score (nSPS) is 19.0. The first kappa shape index (κ1) is 36.8. The van der Waals surface area contributed by atoms with Gasteiger partial charge in [0, 0.05) is 13.1 Å². The van der Waals surface area contributed by atoms with Crippen LogP contribution in [0.5, 0.6) is 0 Å². The number of likely N-dealkylation sites (tertiary alicyclic amines) is 1. The number of aliphatic carboxylic acids is 1. The first-order valence-electron chi connectivity index (χ1n) is 15.8. The number of carboxylic acids is 1. The zero-order chi connectivity index (χ0) is 33.1. The minimum absolute atomic E-state index is 0.0397. The van der Waals surface area contributed by atoms with Gasteiger partial charge < -0.3 is 35.4 Å². The number of hydrogen-bond acceptors (Lipinski definition) is 8. The molecule has 2 fully saturated rings. The fraction of sp³-hybridized carbons (Fsp3) is 0.806. The van der Waals surface area contributed by atoms with Gasteiger partial charge in [0.15, 0.2) is 0 Å². The van der Waals surface area contributed by atoms with Crippen LogP contribution in [0.2, 0.25) is 0 Å². The zero-order valence-electron chi connectivity index (χ0n) is 27.2. The summed E-state index contributed by atoms with van der Waals surface area (Å²) in [6.07, 6.45) is 5.99. The Bertz CT molecular complexity index is 1030. The number of carboxylic acid groups (broad SMARTS) is 1. The Morgan fingerprint density at radius 2 is 1.41 bits per heavy atom. The van der Waals surface area contributed by atoms with Crippen LogP contribution in [-0.2, 0) is 28.7 Å². The maximum atomic E-state index is 13.8. The summed E-state index contributed by atoms with van der Waals surface area (Å²) in [5.41, 5.74) is -1.40. The van der Waals surface area contributed by atoms with E-state index in [9.17, 15) is 33.9 Å². The summed E-state index contributed by atoms with van der Waals surface area (Å²) in [6, 6.07) is -3.08. The highest BCUT2D eigenvalue weighted by Gasteiger charge is 2.40. The van der Waals surface area contributed by atoms with Gasteiger partial charge in [0.25, 0.3) is 5.78 Å². The molecular formula is C31H52N4O9. The lowest BCUT2D eigenvalue weighted by atomic mass is 9.84. The largest absolute Gasteiger partial charge is 0.475 e. The van der Waals surface area contributed by atoms with E-state index in [1.54, 1.807) is 41.5 Å². The molecule has 1 aliphatic heterocycles. The summed E-state index contributed by atoms with van der Waals surface area (Å²) in [5.74, 6) is -3.58. The first-order valence-corrected chi connectivity index (χ1v) is 15.8. The summed E-state index contributed by atoms with van der Waals surface area (Å²) in [6.45, 7) is 11.0. The van der Waals surface area contributed by atoms with Crippen molar-refractivity contribution in [3.8, 4) is 0 Å². The molecule has 0 aromatic heterocycles. The van der Waals surface area contributed by atoms with Gasteiger partial charge in [0.05, 0.1) is 6.04 Å². The van der Waals surface area contributed by atoms with Crippen molar-refractivity contribution in [2.24, 2.45) is 5.92 Å². The highest BCUT2D eigenvalue weighted by Crippen LogP contribution is 2.29. The minimum Gasteiger partial charge on any atom is -0.475 e. The molecule has 13 heteroatoms. The summed E-state index contributed by atoms with van der Waals surface area (Å²) in [7, 11) is 0. The third-order valence-electron chi connectivity index (χ3n) is 7.55. The van der Waals surface area contributed by atoms with Crippen molar-refractivity contribution in [1.82, 2.24) is 20.9 Å².